The molecule has 0 radical (unpaired) electrons. The number of oxazole rings is 1. The van der Waals surface area contributed by atoms with Gasteiger partial charge in [0.05, 0.1) is 10.4 Å². The smallest absolute Gasteiger partial charge is 0.408 e. The van der Waals surface area contributed by atoms with Crippen LogP contribution in [0, 0.1) is 11.8 Å². The van der Waals surface area contributed by atoms with E-state index in [4.69, 9.17) is 4.42 Å². The van der Waals surface area contributed by atoms with Crippen LogP contribution >= 0.6 is 0 Å². The van der Waals surface area contributed by atoms with Crippen molar-refractivity contribution in [1.29, 1.82) is 0 Å². The summed E-state index contributed by atoms with van der Waals surface area (Å²) in [6, 6.07) is 4.45. The number of amides is 1. The number of sulfonamides is 1. The van der Waals surface area contributed by atoms with E-state index in [2.05, 4.69) is 13.8 Å². The van der Waals surface area contributed by atoms with Crippen LogP contribution in [-0.2, 0) is 21.4 Å². The molecular weight excluding hydrogens is 418 g/mol. The highest BCUT2D eigenvalue weighted by atomic mass is 32.2. The normalized spacial score (nSPS) is 20.3. The average Bonchev–Trinajstić information content (AvgIpc) is 3.01. The molecule has 1 aromatic carbocycles. The first-order valence-electron chi connectivity index (χ1n) is 11.1. The maximum Gasteiger partial charge on any atom is 0.420 e. The summed E-state index contributed by atoms with van der Waals surface area (Å²) < 4.78 is 34.4. The van der Waals surface area contributed by atoms with Gasteiger partial charge < -0.3 is 9.32 Å². The lowest BCUT2D eigenvalue weighted by Crippen LogP contribution is -2.42. The minimum atomic E-state index is -3.69. The number of hydrogen-bond acceptors (Lipinski definition) is 5. The fraction of sp³-hybridized carbons (Fsp3) is 0.636. The van der Waals surface area contributed by atoms with Gasteiger partial charge in [0.25, 0.3) is 0 Å². The molecule has 8 nitrogen and oxygen atoms in total. The van der Waals surface area contributed by atoms with Crippen LogP contribution < -0.4 is 5.76 Å². The van der Waals surface area contributed by atoms with Gasteiger partial charge >= 0.3 is 5.76 Å². The second-order valence-corrected chi connectivity index (χ2v) is 10.7. The topological polar surface area (TPSA) is 92.8 Å². The van der Waals surface area contributed by atoms with E-state index in [0.717, 1.165) is 19.3 Å². The van der Waals surface area contributed by atoms with Gasteiger partial charge in [-0.3, -0.25) is 9.36 Å². The molecule has 1 aliphatic rings. The van der Waals surface area contributed by atoms with E-state index in [1.54, 1.807) is 11.0 Å². The van der Waals surface area contributed by atoms with E-state index in [1.807, 2.05) is 13.8 Å². The number of aromatic nitrogens is 1. The Labute approximate surface area is 183 Å². The monoisotopic (exact) mass is 451 g/mol. The Morgan fingerprint density at radius 3 is 2.32 bits per heavy atom. The van der Waals surface area contributed by atoms with Crippen LogP contribution in [-0.4, -0.2) is 54.3 Å². The molecule has 1 saturated heterocycles. The lowest BCUT2D eigenvalue weighted by molar-refractivity contribution is -0.132. The number of piperidine rings is 1. The van der Waals surface area contributed by atoms with E-state index in [1.165, 1.54) is 21.0 Å². The molecule has 2 heterocycles. The first kappa shape index (κ1) is 23.5. The Balaban J connectivity index is 1.90. The first-order chi connectivity index (χ1) is 14.7. The Morgan fingerprint density at radius 2 is 1.74 bits per heavy atom. The van der Waals surface area contributed by atoms with Crippen molar-refractivity contribution in [3.63, 3.8) is 0 Å². The highest BCUT2D eigenvalue weighted by molar-refractivity contribution is 7.89. The van der Waals surface area contributed by atoms with Gasteiger partial charge in [0.2, 0.25) is 15.9 Å². The predicted molar refractivity (Wildman–Crippen MR) is 119 cm³/mol. The molecule has 1 amide bonds. The molecule has 2 atom stereocenters. The standard InChI is InChI=1S/C22H33N3O5S/c1-5-9-23(10-6-2)21(26)15-25-19-8-7-18(12-20(19)30-22(25)27)31(28,29)24-13-16(3)11-17(4)14-24/h7-8,12,16-17H,5-6,9-11,13-15H2,1-4H3/t16-,17+. The lowest BCUT2D eigenvalue weighted by atomic mass is 9.94. The second kappa shape index (κ2) is 9.56. The van der Waals surface area contributed by atoms with E-state index < -0.39 is 15.8 Å². The largest absolute Gasteiger partial charge is 0.420 e. The van der Waals surface area contributed by atoms with Crippen LogP contribution in [0.4, 0.5) is 0 Å². The van der Waals surface area contributed by atoms with Crippen LogP contribution in [0.1, 0.15) is 47.0 Å². The minimum Gasteiger partial charge on any atom is -0.408 e. The lowest BCUT2D eigenvalue weighted by Gasteiger charge is -2.34. The van der Waals surface area contributed by atoms with Gasteiger partial charge in [0.1, 0.15) is 6.54 Å². The molecular formula is C22H33N3O5S. The van der Waals surface area contributed by atoms with E-state index in [9.17, 15) is 18.0 Å². The molecule has 172 valence electrons. The molecule has 0 saturated carbocycles. The van der Waals surface area contributed by atoms with Gasteiger partial charge in [-0.25, -0.2) is 13.2 Å². The van der Waals surface area contributed by atoms with Crippen molar-refractivity contribution in [3.05, 3.63) is 28.7 Å². The Kier molecular flexibility index (Phi) is 7.26. The van der Waals surface area contributed by atoms with Gasteiger partial charge in [-0.15, -0.1) is 0 Å². The summed E-state index contributed by atoms with van der Waals surface area (Å²) in [5, 5.41) is 0. The first-order valence-corrected chi connectivity index (χ1v) is 12.5. The summed E-state index contributed by atoms with van der Waals surface area (Å²) in [6.07, 6.45) is 2.67. The fourth-order valence-corrected chi connectivity index (χ4v) is 6.14. The zero-order valence-corrected chi connectivity index (χ0v) is 19.7. The van der Waals surface area contributed by atoms with Crippen LogP contribution in [0.3, 0.4) is 0 Å². The fourth-order valence-electron chi connectivity index (χ4n) is 4.44. The maximum absolute atomic E-state index is 13.2. The Bertz CT molecular complexity index is 1070. The van der Waals surface area contributed by atoms with Crippen LogP contribution in [0.2, 0.25) is 0 Å². The van der Waals surface area contributed by atoms with E-state index in [0.29, 0.717) is 43.5 Å². The summed E-state index contributed by atoms with van der Waals surface area (Å²) in [5.74, 6) is -0.226. The Morgan fingerprint density at radius 1 is 1.13 bits per heavy atom. The van der Waals surface area contributed by atoms with Crippen LogP contribution in [0.15, 0.2) is 32.3 Å². The third-order valence-corrected chi connectivity index (χ3v) is 7.57. The number of carbonyl (C=O) groups excluding carboxylic acids is 1. The Hall–Kier alpha value is -2.13. The molecule has 0 N–H and O–H groups in total. The summed E-state index contributed by atoms with van der Waals surface area (Å²) in [6.45, 7) is 10.2. The zero-order chi connectivity index (χ0) is 22.8. The van der Waals surface area contributed by atoms with Crippen LogP contribution in [0.5, 0.6) is 0 Å². The van der Waals surface area contributed by atoms with E-state index in [-0.39, 0.29) is 22.9 Å². The molecule has 2 aromatic rings. The number of rotatable bonds is 8. The molecule has 1 aliphatic heterocycles. The number of hydrogen-bond donors (Lipinski definition) is 0. The van der Waals surface area contributed by atoms with Gasteiger partial charge in [-0.1, -0.05) is 27.7 Å². The molecule has 0 bridgehead atoms. The van der Waals surface area contributed by atoms with Crippen molar-refractivity contribution >= 4 is 27.0 Å². The minimum absolute atomic E-state index is 0.104. The van der Waals surface area contributed by atoms with Gasteiger partial charge in [-0.05, 0) is 43.2 Å². The highest BCUT2D eigenvalue weighted by Gasteiger charge is 2.32. The van der Waals surface area contributed by atoms with Gasteiger partial charge in [0, 0.05) is 32.2 Å². The number of benzene rings is 1. The predicted octanol–water partition coefficient (Wildman–Crippen LogP) is 2.91. The van der Waals surface area contributed by atoms with Crippen molar-refractivity contribution in [3.8, 4) is 0 Å². The molecule has 0 unspecified atom stereocenters. The second-order valence-electron chi connectivity index (χ2n) is 8.73. The third-order valence-electron chi connectivity index (χ3n) is 5.75. The summed E-state index contributed by atoms with van der Waals surface area (Å²) in [4.78, 5) is 27.0. The molecule has 0 aliphatic carbocycles. The number of carbonyl (C=O) groups is 1. The molecule has 0 spiro atoms. The molecule has 1 aromatic heterocycles. The quantitative estimate of drug-likeness (QED) is 0.615. The van der Waals surface area contributed by atoms with Gasteiger partial charge in [-0.2, -0.15) is 4.31 Å². The number of nitrogens with zero attached hydrogens (tertiary/aromatic N) is 3. The summed E-state index contributed by atoms with van der Waals surface area (Å²) in [5.41, 5.74) is 0.597. The SMILES string of the molecule is CCCN(CCC)C(=O)Cn1c(=O)oc2cc(S(=O)(=O)N3C[C@H](C)C[C@H](C)C3)ccc21. The van der Waals surface area contributed by atoms with E-state index >= 15 is 0 Å². The average molecular weight is 452 g/mol. The molecule has 31 heavy (non-hydrogen) atoms. The summed E-state index contributed by atoms with van der Waals surface area (Å²) in [7, 11) is -3.69. The third kappa shape index (κ3) is 5.03. The van der Waals surface area contributed by atoms with Crippen molar-refractivity contribution in [2.24, 2.45) is 11.8 Å². The number of fused-ring (bicyclic) bond motifs is 1. The summed E-state index contributed by atoms with van der Waals surface area (Å²) >= 11 is 0. The van der Waals surface area contributed by atoms with Crippen molar-refractivity contribution < 1.29 is 17.6 Å². The molecule has 3 rings (SSSR count). The highest BCUT2D eigenvalue weighted by Crippen LogP contribution is 2.28. The van der Waals surface area contributed by atoms with Crippen LogP contribution in [0.25, 0.3) is 11.1 Å². The van der Waals surface area contributed by atoms with Crippen molar-refractivity contribution in [2.45, 2.75) is 58.4 Å². The maximum atomic E-state index is 13.2. The molecule has 9 heteroatoms. The zero-order valence-electron chi connectivity index (χ0n) is 18.8. The van der Waals surface area contributed by atoms with Crippen molar-refractivity contribution in [1.82, 2.24) is 13.8 Å². The van der Waals surface area contributed by atoms with Gasteiger partial charge in [0.15, 0.2) is 5.58 Å². The molecule has 1 fully saturated rings. The van der Waals surface area contributed by atoms with Crippen molar-refractivity contribution in [2.75, 3.05) is 26.2 Å².